The van der Waals surface area contributed by atoms with Crippen molar-refractivity contribution in [3.8, 4) is 11.8 Å². The van der Waals surface area contributed by atoms with Crippen molar-refractivity contribution in [1.29, 1.82) is 5.26 Å². The van der Waals surface area contributed by atoms with Crippen LogP contribution in [0.25, 0.3) is 0 Å². The van der Waals surface area contributed by atoms with Crippen LogP contribution in [0.2, 0.25) is 0 Å². The predicted molar refractivity (Wildman–Crippen MR) is 89.9 cm³/mol. The summed E-state index contributed by atoms with van der Waals surface area (Å²) < 4.78 is 19.2. The maximum absolute atomic E-state index is 13.6. The van der Waals surface area contributed by atoms with Crippen LogP contribution in [0.5, 0.6) is 5.75 Å². The summed E-state index contributed by atoms with van der Waals surface area (Å²) in [5.41, 5.74) is 1.30. The third-order valence-corrected chi connectivity index (χ3v) is 3.53. The standard InChI is InChI=1S/C19H21FN2O2/c20-18-9-2-1-8-17(18)19(23)14-22-13-15-6-5-7-16(12-15)24-11-4-3-10-21/h1-2,5-9,12,19,22-23H,3-4,11,13-14H2. The number of rotatable bonds is 9. The van der Waals surface area contributed by atoms with Crippen LogP contribution in [0.4, 0.5) is 4.39 Å². The molecule has 2 N–H and O–H groups in total. The first-order valence-electron chi connectivity index (χ1n) is 7.92. The van der Waals surface area contributed by atoms with E-state index in [2.05, 4.69) is 11.4 Å². The van der Waals surface area contributed by atoms with Gasteiger partial charge in [0.2, 0.25) is 0 Å². The number of benzene rings is 2. The van der Waals surface area contributed by atoms with Gasteiger partial charge in [-0.3, -0.25) is 0 Å². The monoisotopic (exact) mass is 328 g/mol. The van der Waals surface area contributed by atoms with Crippen molar-refractivity contribution in [3.05, 3.63) is 65.5 Å². The highest BCUT2D eigenvalue weighted by atomic mass is 19.1. The molecule has 0 spiro atoms. The van der Waals surface area contributed by atoms with Crippen molar-refractivity contribution in [2.24, 2.45) is 0 Å². The Morgan fingerprint density at radius 2 is 2.04 bits per heavy atom. The molecular formula is C19H21FN2O2. The Balaban J connectivity index is 1.80. The number of hydrogen-bond donors (Lipinski definition) is 2. The maximum Gasteiger partial charge on any atom is 0.129 e. The predicted octanol–water partition coefficient (Wildman–Crippen LogP) is 3.33. The molecule has 2 aromatic carbocycles. The van der Waals surface area contributed by atoms with Crippen LogP contribution < -0.4 is 10.1 Å². The number of aliphatic hydroxyl groups excluding tert-OH is 1. The smallest absolute Gasteiger partial charge is 0.129 e. The first-order valence-corrected chi connectivity index (χ1v) is 7.92. The first kappa shape index (κ1) is 17.9. The largest absolute Gasteiger partial charge is 0.494 e. The number of unbranched alkanes of at least 4 members (excludes halogenated alkanes) is 1. The van der Waals surface area contributed by atoms with E-state index in [1.54, 1.807) is 18.2 Å². The second-order valence-electron chi connectivity index (χ2n) is 5.43. The Morgan fingerprint density at radius 3 is 2.83 bits per heavy atom. The fraction of sp³-hybridized carbons (Fsp3) is 0.316. The molecule has 0 bridgehead atoms. The summed E-state index contributed by atoms with van der Waals surface area (Å²) in [6.07, 6.45) is 0.291. The normalized spacial score (nSPS) is 11.7. The van der Waals surface area contributed by atoms with Gasteiger partial charge in [-0.15, -0.1) is 0 Å². The Hall–Kier alpha value is -2.42. The van der Waals surface area contributed by atoms with Gasteiger partial charge < -0.3 is 15.2 Å². The van der Waals surface area contributed by atoms with Gasteiger partial charge in [-0.25, -0.2) is 4.39 Å². The molecule has 5 heteroatoms. The molecule has 0 amide bonds. The van der Waals surface area contributed by atoms with Crippen molar-refractivity contribution < 1.29 is 14.2 Å². The minimum Gasteiger partial charge on any atom is -0.494 e. The molecular weight excluding hydrogens is 307 g/mol. The highest BCUT2D eigenvalue weighted by Gasteiger charge is 2.11. The number of ether oxygens (including phenoxy) is 1. The third-order valence-electron chi connectivity index (χ3n) is 3.53. The SMILES string of the molecule is N#CCCCOc1cccc(CNCC(O)c2ccccc2F)c1. The molecule has 0 aliphatic rings. The van der Waals surface area contributed by atoms with E-state index in [0.29, 0.717) is 31.6 Å². The van der Waals surface area contributed by atoms with Gasteiger partial charge in [0.05, 0.1) is 18.8 Å². The van der Waals surface area contributed by atoms with Gasteiger partial charge >= 0.3 is 0 Å². The molecule has 126 valence electrons. The fourth-order valence-corrected chi connectivity index (χ4v) is 2.29. The molecule has 0 saturated carbocycles. The summed E-state index contributed by atoms with van der Waals surface area (Å²) >= 11 is 0. The molecule has 0 fully saturated rings. The van der Waals surface area contributed by atoms with E-state index in [4.69, 9.17) is 10.00 Å². The van der Waals surface area contributed by atoms with E-state index >= 15 is 0 Å². The molecule has 1 atom stereocenters. The summed E-state index contributed by atoms with van der Waals surface area (Å²) in [6, 6.07) is 15.9. The van der Waals surface area contributed by atoms with Crippen LogP contribution in [0, 0.1) is 17.1 Å². The van der Waals surface area contributed by atoms with E-state index in [1.807, 2.05) is 24.3 Å². The zero-order valence-electron chi connectivity index (χ0n) is 13.4. The number of halogens is 1. The summed E-state index contributed by atoms with van der Waals surface area (Å²) in [5.74, 6) is 0.349. The van der Waals surface area contributed by atoms with Crippen LogP contribution >= 0.6 is 0 Å². The van der Waals surface area contributed by atoms with Crippen molar-refractivity contribution in [1.82, 2.24) is 5.32 Å². The number of nitrogens with zero attached hydrogens (tertiary/aromatic N) is 1. The van der Waals surface area contributed by atoms with Gasteiger partial charge in [-0.1, -0.05) is 30.3 Å². The van der Waals surface area contributed by atoms with Crippen LogP contribution in [-0.2, 0) is 6.54 Å². The zero-order chi connectivity index (χ0) is 17.2. The Labute approximate surface area is 141 Å². The average molecular weight is 328 g/mol. The topological polar surface area (TPSA) is 65.3 Å². The number of nitriles is 1. The minimum atomic E-state index is -0.892. The van der Waals surface area contributed by atoms with E-state index < -0.39 is 11.9 Å². The lowest BCUT2D eigenvalue weighted by Gasteiger charge is -2.13. The second-order valence-corrected chi connectivity index (χ2v) is 5.43. The number of hydrogen-bond acceptors (Lipinski definition) is 4. The molecule has 1 unspecified atom stereocenters. The lowest BCUT2D eigenvalue weighted by molar-refractivity contribution is 0.169. The van der Waals surface area contributed by atoms with Gasteiger partial charge in [0.25, 0.3) is 0 Å². The van der Waals surface area contributed by atoms with Crippen LogP contribution in [0.1, 0.15) is 30.1 Å². The van der Waals surface area contributed by atoms with Crippen molar-refractivity contribution in [2.45, 2.75) is 25.5 Å². The van der Waals surface area contributed by atoms with Gasteiger partial charge in [0, 0.05) is 25.1 Å². The van der Waals surface area contributed by atoms with Crippen molar-refractivity contribution in [3.63, 3.8) is 0 Å². The summed E-state index contributed by atoms with van der Waals surface area (Å²) in [7, 11) is 0. The highest BCUT2D eigenvalue weighted by molar-refractivity contribution is 5.28. The molecule has 0 heterocycles. The van der Waals surface area contributed by atoms with Crippen molar-refractivity contribution >= 4 is 0 Å². The van der Waals surface area contributed by atoms with E-state index in [-0.39, 0.29) is 6.54 Å². The molecule has 0 radical (unpaired) electrons. The molecule has 0 aromatic heterocycles. The molecule has 4 nitrogen and oxygen atoms in total. The summed E-state index contributed by atoms with van der Waals surface area (Å²) in [4.78, 5) is 0. The zero-order valence-corrected chi connectivity index (χ0v) is 13.4. The molecule has 2 rings (SSSR count). The molecule has 24 heavy (non-hydrogen) atoms. The average Bonchev–Trinajstić information content (AvgIpc) is 2.59. The summed E-state index contributed by atoms with van der Waals surface area (Å²) in [6.45, 7) is 1.31. The molecule has 0 aliphatic heterocycles. The second kappa shape index (κ2) is 9.66. The third kappa shape index (κ3) is 5.65. The number of nitrogens with one attached hydrogen (secondary N) is 1. The lowest BCUT2D eigenvalue weighted by Crippen LogP contribution is -2.21. The van der Waals surface area contributed by atoms with E-state index in [1.165, 1.54) is 6.07 Å². The lowest BCUT2D eigenvalue weighted by atomic mass is 10.1. The summed E-state index contributed by atoms with van der Waals surface area (Å²) in [5, 5.41) is 21.7. The Morgan fingerprint density at radius 1 is 1.21 bits per heavy atom. The number of aliphatic hydroxyl groups is 1. The van der Waals surface area contributed by atoms with Crippen LogP contribution in [0.3, 0.4) is 0 Å². The Kier molecular flexibility index (Phi) is 7.21. The first-order chi connectivity index (χ1) is 11.7. The van der Waals surface area contributed by atoms with Gasteiger partial charge in [0.15, 0.2) is 0 Å². The quantitative estimate of drug-likeness (QED) is 0.693. The van der Waals surface area contributed by atoms with Gasteiger partial charge in [-0.2, -0.15) is 5.26 Å². The van der Waals surface area contributed by atoms with E-state index in [0.717, 1.165) is 11.3 Å². The minimum absolute atomic E-state index is 0.258. The van der Waals surface area contributed by atoms with E-state index in [9.17, 15) is 9.50 Å². The Bertz CT molecular complexity index is 685. The molecule has 0 saturated heterocycles. The van der Waals surface area contributed by atoms with Gasteiger partial charge in [0.1, 0.15) is 11.6 Å². The highest BCUT2D eigenvalue weighted by Crippen LogP contribution is 2.17. The molecule has 0 aliphatic carbocycles. The van der Waals surface area contributed by atoms with Gasteiger partial charge in [-0.05, 0) is 30.2 Å². The fourth-order valence-electron chi connectivity index (χ4n) is 2.29. The van der Waals surface area contributed by atoms with Crippen molar-refractivity contribution in [2.75, 3.05) is 13.2 Å². The van der Waals surface area contributed by atoms with Crippen LogP contribution in [-0.4, -0.2) is 18.3 Å². The molecule has 2 aromatic rings. The maximum atomic E-state index is 13.6. The van der Waals surface area contributed by atoms with Crippen LogP contribution in [0.15, 0.2) is 48.5 Å².